The number of aromatic nitrogens is 2. The highest BCUT2D eigenvalue weighted by Gasteiger charge is 2.07. The van der Waals surface area contributed by atoms with Crippen LogP contribution in [0.4, 0.5) is 0 Å². The zero-order valence-corrected chi connectivity index (χ0v) is 10.3. The quantitative estimate of drug-likeness (QED) is 0.882. The molecule has 2 aromatic heterocycles. The second-order valence-electron chi connectivity index (χ2n) is 3.77. The number of hydrogen-bond acceptors (Lipinski definition) is 4. The maximum Gasteiger partial charge on any atom is 0.0769 e. The third-order valence-corrected chi connectivity index (χ3v) is 3.59. The zero-order chi connectivity index (χ0) is 11.4. The summed E-state index contributed by atoms with van der Waals surface area (Å²) in [4.78, 5) is 2.71. The lowest BCUT2D eigenvalue weighted by atomic mass is 10.2. The second kappa shape index (κ2) is 5.18. The minimum atomic E-state index is 0.362. The van der Waals surface area contributed by atoms with Crippen molar-refractivity contribution in [3.05, 3.63) is 45.9 Å². The molecule has 84 valence electrons. The first-order valence-corrected chi connectivity index (χ1v) is 6.13. The van der Waals surface area contributed by atoms with E-state index in [4.69, 9.17) is 0 Å². The van der Waals surface area contributed by atoms with Crippen LogP contribution in [-0.4, -0.2) is 10.2 Å². The predicted octanol–water partition coefficient (Wildman–Crippen LogP) is 2.70. The molecule has 0 aliphatic rings. The molecule has 0 amide bonds. The lowest BCUT2D eigenvalue weighted by Crippen LogP contribution is -2.18. The van der Waals surface area contributed by atoms with Gasteiger partial charge in [-0.25, -0.2) is 0 Å². The van der Waals surface area contributed by atoms with Gasteiger partial charge in [0.25, 0.3) is 0 Å². The van der Waals surface area contributed by atoms with Crippen molar-refractivity contribution >= 4 is 11.3 Å². The molecule has 1 N–H and O–H groups in total. The summed E-state index contributed by atoms with van der Waals surface area (Å²) in [6, 6.07) is 8.58. The zero-order valence-electron chi connectivity index (χ0n) is 9.47. The van der Waals surface area contributed by atoms with Gasteiger partial charge in [-0.2, -0.15) is 10.2 Å². The molecule has 0 aliphatic heterocycles. The molecule has 2 rings (SSSR count). The Labute approximate surface area is 99.5 Å². The number of aryl methyl sites for hydroxylation is 1. The average Bonchev–Trinajstić information content (AvgIpc) is 2.74. The van der Waals surface area contributed by atoms with Gasteiger partial charge in [0, 0.05) is 28.5 Å². The maximum absolute atomic E-state index is 4.04. The van der Waals surface area contributed by atoms with Gasteiger partial charge in [0.05, 0.1) is 5.69 Å². The summed E-state index contributed by atoms with van der Waals surface area (Å²) in [6.07, 6.45) is 1.69. The molecule has 2 aromatic rings. The van der Waals surface area contributed by atoms with Crippen LogP contribution in [0.25, 0.3) is 0 Å². The van der Waals surface area contributed by atoms with Gasteiger partial charge in [0.2, 0.25) is 0 Å². The molecule has 0 aliphatic carbocycles. The smallest absolute Gasteiger partial charge is 0.0769 e. The molecular formula is C12H15N3S. The van der Waals surface area contributed by atoms with Crippen molar-refractivity contribution in [1.29, 1.82) is 0 Å². The third-order valence-electron chi connectivity index (χ3n) is 2.40. The molecule has 16 heavy (non-hydrogen) atoms. The summed E-state index contributed by atoms with van der Waals surface area (Å²) in [5, 5.41) is 11.3. The number of hydrogen-bond donors (Lipinski definition) is 1. The van der Waals surface area contributed by atoms with Crippen LogP contribution in [0.2, 0.25) is 0 Å². The standard InChI is InChI=1S/C12H15N3S/c1-9-5-6-12(16-9)10(2)13-8-11-4-3-7-14-15-11/h3-7,10,13H,8H2,1-2H3. The van der Waals surface area contributed by atoms with Crippen molar-refractivity contribution in [1.82, 2.24) is 15.5 Å². The topological polar surface area (TPSA) is 37.8 Å². The highest BCUT2D eigenvalue weighted by molar-refractivity contribution is 7.12. The second-order valence-corrected chi connectivity index (χ2v) is 5.09. The molecule has 4 heteroatoms. The Morgan fingerprint density at radius 2 is 2.25 bits per heavy atom. The predicted molar refractivity (Wildman–Crippen MR) is 66.3 cm³/mol. The monoisotopic (exact) mass is 233 g/mol. The van der Waals surface area contributed by atoms with Crippen LogP contribution < -0.4 is 5.32 Å². The SMILES string of the molecule is Cc1ccc(C(C)NCc2cccnn2)s1. The first kappa shape index (κ1) is 11.2. The van der Waals surface area contributed by atoms with E-state index in [1.54, 1.807) is 6.20 Å². The molecule has 0 saturated carbocycles. The summed E-state index contributed by atoms with van der Waals surface area (Å²) >= 11 is 1.83. The fraction of sp³-hybridized carbons (Fsp3) is 0.333. The van der Waals surface area contributed by atoms with Crippen LogP contribution in [0.1, 0.15) is 28.4 Å². The summed E-state index contributed by atoms with van der Waals surface area (Å²) < 4.78 is 0. The van der Waals surface area contributed by atoms with E-state index in [1.165, 1.54) is 9.75 Å². The van der Waals surface area contributed by atoms with Crippen LogP contribution in [0.5, 0.6) is 0 Å². The minimum Gasteiger partial charge on any atom is -0.304 e. The van der Waals surface area contributed by atoms with Gasteiger partial charge in [-0.05, 0) is 38.1 Å². The van der Waals surface area contributed by atoms with E-state index in [2.05, 4.69) is 41.5 Å². The van der Waals surface area contributed by atoms with Crippen molar-refractivity contribution in [2.75, 3.05) is 0 Å². The molecule has 0 spiro atoms. The van der Waals surface area contributed by atoms with E-state index >= 15 is 0 Å². The van der Waals surface area contributed by atoms with Crippen molar-refractivity contribution < 1.29 is 0 Å². The molecule has 1 atom stereocenters. The van der Waals surface area contributed by atoms with Crippen LogP contribution in [-0.2, 0) is 6.54 Å². The number of nitrogens with zero attached hydrogens (tertiary/aromatic N) is 2. The molecule has 0 aromatic carbocycles. The van der Waals surface area contributed by atoms with Crippen LogP contribution >= 0.6 is 11.3 Å². The molecule has 2 heterocycles. The number of nitrogens with one attached hydrogen (secondary N) is 1. The lowest BCUT2D eigenvalue weighted by Gasteiger charge is -2.10. The highest BCUT2D eigenvalue weighted by atomic mass is 32.1. The van der Waals surface area contributed by atoms with Gasteiger partial charge < -0.3 is 5.32 Å². The van der Waals surface area contributed by atoms with Gasteiger partial charge in [-0.15, -0.1) is 11.3 Å². The van der Waals surface area contributed by atoms with Gasteiger partial charge >= 0.3 is 0 Å². The van der Waals surface area contributed by atoms with Crippen molar-refractivity contribution in [2.24, 2.45) is 0 Å². The Morgan fingerprint density at radius 3 is 2.88 bits per heavy atom. The van der Waals surface area contributed by atoms with Crippen LogP contribution in [0.15, 0.2) is 30.5 Å². The van der Waals surface area contributed by atoms with Crippen LogP contribution in [0, 0.1) is 6.92 Å². The normalized spacial score (nSPS) is 12.6. The van der Waals surface area contributed by atoms with E-state index in [1.807, 2.05) is 23.5 Å². The molecule has 0 radical (unpaired) electrons. The summed E-state index contributed by atoms with van der Waals surface area (Å²) in [5.41, 5.74) is 0.975. The molecule has 0 bridgehead atoms. The van der Waals surface area contributed by atoms with Crippen molar-refractivity contribution in [3.63, 3.8) is 0 Å². The van der Waals surface area contributed by atoms with E-state index in [9.17, 15) is 0 Å². The number of rotatable bonds is 4. The minimum absolute atomic E-state index is 0.362. The first-order chi connectivity index (χ1) is 7.75. The largest absolute Gasteiger partial charge is 0.304 e. The number of thiophene rings is 1. The highest BCUT2D eigenvalue weighted by Crippen LogP contribution is 2.22. The maximum atomic E-state index is 4.04. The van der Waals surface area contributed by atoms with Crippen molar-refractivity contribution in [2.45, 2.75) is 26.4 Å². The Morgan fingerprint density at radius 1 is 1.38 bits per heavy atom. The van der Waals surface area contributed by atoms with Crippen molar-refractivity contribution in [3.8, 4) is 0 Å². The molecule has 1 unspecified atom stereocenters. The Hall–Kier alpha value is -1.26. The van der Waals surface area contributed by atoms with E-state index < -0.39 is 0 Å². The van der Waals surface area contributed by atoms with E-state index in [-0.39, 0.29) is 0 Å². The Kier molecular flexibility index (Phi) is 3.64. The molecular weight excluding hydrogens is 218 g/mol. The van der Waals surface area contributed by atoms with Gasteiger partial charge in [-0.3, -0.25) is 0 Å². The van der Waals surface area contributed by atoms with Crippen LogP contribution in [0.3, 0.4) is 0 Å². The summed E-state index contributed by atoms with van der Waals surface area (Å²) in [6.45, 7) is 5.05. The molecule has 0 fully saturated rings. The van der Waals surface area contributed by atoms with E-state index in [0.29, 0.717) is 6.04 Å². The molecule has 0 saturated heterocycles. The fourth-order valence-electron chi connectivity index (χ4n) is 1.47. The average molecular weight is 233 g/mol. The van der Waals surface area contributed by atoms with Gasteiger partial charge in [-0.1, -0.05) is 0 Å². The summed E-state index contributed by atoms with van der Waals surface area (Å²) in [7, 11) is 0. The Bertz CT molecular complexity index is 439. The first-order valence-electron chi connectivity index (χ1n) is 5.32. The fourth-order valence-corrected chi connectivity index (χ4v) is 2.38. The van der Waals surface area contributed by atoms with Gasteiger partial charge in [0.15, 0.2) is 0 Å². The molecule has 3 nitrogen and oxygen atoms in total. The Balaban J connectivity index is 1.91. The van der Waals surface area contributed by atoms with E-state index in [0.717, 1.165) is 12.2 Å². The summed E-state index contributed by atoms with van der Waals surface area (Å²) in [5.74, 6) is 0. The van der Waals surface area contributed by atoms with Gasteiger partial charge in [0.1, 0.15) is 0 Å². The third kappa shape index (κ3) is 2.87. The lowest BCUT2D eigenvalue weighted by molar-refractivity contribution is 0.571.